The molecule has 0 aliphatic rings. The smallest absolute Gasteiger partial charge is 0.332 e. The molecule has 8 nitrogen and oxygen atoms in total. The first-order valence-corrected chi connectivity index (χ1v) is 6.38. The van der Waals surface area contributed by atoms with Gasteiger partial charge in [-0.2, -0.15) is 0 Å². The van der Waals surface area contributed by atoms with E-state index in [2.05, 4.69) is 9.46 Å². The van der Waals surface area contributed by atoms with Gasteiger partial charge in [0.15, 0.2) is 6.10 Å². The maximum absolute atomic E-state index is 11.3. The molecular formula is C8H15NO7S. The molecule has 0 aromatic rings. The van der Waals surface area contributed by atoms with Crippen molar-refractivity contribution in [2.24, 2.45) is 0 Å². The minimum absolute atomic E-state index is 0.211. The summed E-state index contributed by atoms with van der Waals surface area (Å²) in [4.78, 5) is 20.9. The monoisotopic (exact) mass is 269 g/mol. The Bertz CT molecular complexity index is 364. The van der Waals surface area contributed by atoms with Gasteiger partial charge in [0.05, 0.1) is 19.3 Å². The first-order valence-electron chi connectivity index (χ1n) is 4.73. The molecule has 0 fully saturated rings. The summed E-state index contributed by atoms with van der Waals surface area (Å²) in [7, 11) is -2.52. The summed E-state index contributed by atoms with van der Waals surface area (Å²) in [6.45, 7) is -0.211. The second-order valence-electron chi connectivity index (χ2n) is 3.18. The number of sulfonamides is 1. The zero-order valence-corrected chi connectivity index (χ0v) is 10.1. The summed E-state index contributed by atoms with van der Waals surface area (Å²) < 4.78 is 28.8. The van der Waals surface area contributed by atoms with Gasteiger partial charge in [-0.1, -0.05) is 0 Å². The van der Waals surface area contributed by atoms with Crippen molar-refractivity contribution in [1.29, 1.82) is 0 Å². The Morgan fingerprint density at radius 1 is 1.41 bits per heavy atom. The van der Waals surface area contributed by atoms with E-state index in [9.17, 15) is 18.0 Å². The van der Waals surface area contributed by atoms with E-state index in [0.29, 0.717) is 0 Å². The number of hydrogen-bond acceptors (Lipinski definition) is 6. The lowest BCUT2D eigenvalue weighted by atomic mass is 10.3. The Kier molecular flexibility index (Phi) is 6.69. The molecule has 0 aliphatic carbocycles. The van der Waals surface area contributed by atoms with Crippen LogP contribution < -0.4 is 4.72 Å². The van der Waals surface area contributed by atoms with Crippen molar-refractivity contribution in [2.75, 3.05) is 19.4 Å². The fourth-order valence-electron chi connectivity index (χ4n) is 0.867. The van der Waals surface area contributed by atoms with Crippen molar-refractivity contribution in [2.45, 2.75) is 18.9 Å². The second-order valence-corrected chi connectivity index (χ2v) is 5.11. The van der Waals surface area contributed by atoms with Gasteiger partial charge in [0.25, 0.3) is 0 Å². The van der Waals surface area contributed by atoms with Crippen molar-refractivity contribution in [3.05, 3.63) is 0 Å². The number of carboxylic acids is 1. The molecule has 1 atom stereocenters. The Morgan fingerprint density at radius 2 is 2.00 bits per heavy atom. The molecule has 0 aliphatic heterocycles. The minimum atomic E-state index is -3.66. The zero-order chi connectivity index (χ0) is 13.5. The van der Waals surface area contributed by atoms with Gasteiger partial charge in [-0.3, -0.25) is 4.79 Å². The lowest BCUT2D eigenvalue weighted by molar-refractivity contribution is -0.146. The summed E-state index contributed by atoms with van der Waals surface area (Å²) in [5, 5.41) is 17.2. The Hall–Kier alpha value is -1.19. The number of methoxy groups -OCH3 is 1. The van der Waals surface area contributed by atoms with Crippen LogP contribution in [0.2, 0.25) is 0 Å². The highest BCUT2D eigenvalue weighted by atomic mass is 32.2. The van der Waals surface area contributed by atoms with Gasteiger partial charge in [-0.05, 0) is 6.42 Å². The molecule has 0 saturated carbocycles. The van der Waals surface area contributed by atoms with E-state index < -0.39 is 33.8 Å². The average molecular weight is 269 g/mol. The maximum atomic E-state index is 11.3. The molecule has 0 radical (unpaired) electrons. The number of aliphatic hydroxyl groups excluding tert-OH is 1. The van der Waals surface area contributed by atoms with Crippen molar-refractivity contribution in [3.63, 3.8) is 0 Å². The van der Waals surface area contributed by atoms with Crippen LogP contribution in [0.5, 0.6) is 0 Å². The van der Waals surface area contributed by atoms with Crippen LogP contribution in [0, 0.1) is 0 Å². The molecule has 17 heavy (non-hydrogen) atoms. The third kappa shape index (κ3) is 7.66. The molecule has 0 spiro atoms. The quantitative estimate of drug-likeness (QED) is 0.448. The molecule has 0 saturated heterocycles. The summed E-state index contributed by atoms with van der Waals surface area (Å²) in [6, 6.07) is 0. The van der Waals surface area contributed by atoms with E-state index in [4.69, 9.17) is 10.2 Å². The van der Waals surface area contributed by atoms with Crippen molar-refractivity contribution >= 4 is 22.0 Å². The number of ether oxygens (including phenoxy) is 1. The largest absolute Gasteiger partial charge is 0.479 e. The highest BCUT2D eigenvalue weighted by Gasteiger charge is 2.16. The molecule has 9 heteroatoms. The second kappa shape index (κ2) is 7.20. The third-order valence-electron chi connectivity index (χ3n) is 1.83. The van der Waals surface area contributed by atoms with E-state index >= 15 is 0 Å². The number of carbonyl (C=O) groups excluding carboxylic acids is 1. The van der Waals surface area contributed by atoms with Crippen LogP contribution in [-0.2, 0) is 24.3 Å². The molecule has 100 valence electrons. The molecule has 0 amide bonds. The topological polar surface area (TPSA) is 130 Å². The van der Waals surface area contributed by atoms with E-state index in [1.165, 1.54) is 0 Å². The number of aliphatic carboxylic acids is 1. The number of carboxylic acid groups (broad SMARTS) is 1. The minimum Gasteiger partial charge on any atom is -0.479 e. The van der Waals surface area contributed by atoms with Crippen molar-refractivity contribution in [3.8, 4) is 0 Å². The lowest BCUT2D eigenvalue weighted by Gasteiger charge is -2.07. The first-order chi connectivity index (χ1) is 7.78. The third-order valence-corrected chi connectivity index (χ3v) is 3.21. The van der Waals surface area contributed by atoms with E-state index in [0.717, 1.165) is 7.11 Å². The fourth-order valence-corrected chi connectivity index (χ4v) is 1.88. The molecule has 0 aromatic heterocycles. The number of esters is 1. The van der Waals surface area contributed by atoms with Crippen LogP contribution in [0.1, 0.15) is 12.8 Å². The van der Waals surface area contributed by atoms with Crippen LogP contribution in [0.3, 0.4) is 0 Å². The average Bonchev–Trinajstić information content (AvgIpc) is 2.25. The van der Waals surface area contributed by atoms with Gasteiger partial charge in [-0.15, -0.1) is 0 Å². The Morgan fingerprint density at radius 3 is 2.47 bits per heavy atom. The van der Waals surface area contributed by atoms with E-state index in [-0.39, 0.29) is 19.4 Å². The van der Waals surface area contributed by atoms with Crippen LogP contribution in [0.25, 0.3) is 0 Å². The highest BCUT2D eigenvalue weighted by molar-refractivity contribution is 7.89. The van der Waals surface area contributed by atoms with Crippen LogP contribution in [-0.4, -0.2) is 56.1 Å². The fraction of sp³-hybridized carbons (Fsp3) is 0.750. The van der Waals surface area contributed by atoms with Gasteiger partial charge in [0, 0.05) is 6.54 Å². The summed E-state index contributed by atoms with van der Waals surface area (Å²) in [5.41, 5.74) is 0. The predicted molar refractivity (Wildman–Crippen MR) is 56.7 cm³/mol. The SMILES string of the molecule is COC(=O)CCS(=O)(=O)NCC[C@H](O)C(=O)O. The van der Waals surface area contributed by atoms with E-state index in [1.54, 1.807) is 0 Å². The van der Waals surface area contributed by atoms with Crippen molar-refractivity contribution in [1.82, 2.24) is 4.72 Å². The van der Waals surface area contributed by atoms with Crippen LogP contribution in [0.15, 0.2) is 0 Å². The van der Waals surface area contributed by atoms with E-state index in [1.807, 2.05) is 0 Å². The Labute approximate surface area is 98.6 Å². The number of aliphatic hydroxyl groups is 1. The molecule has 3 N–H and O–H groups in total. The summed E-state index contributed by atoms with van der Waals surface area (Å²) >= 11 is 0. The zero-order valence-electron chi connectivity index (χ0n) is 9.25. The molecule has 0 aromatic carbocycles. The molecule has 0 rings (SSSR count). The number of nitrogens with one attached hydrogen (secondary N) is 1. The summed E-state index contributed by atoms with van der Waals surface area (Å²) in [5.74, 6) is -2.51. The van der Waals surface area contributed by atoms with Crippen molar-refractivity contribution < 1.29 is 33.0 Å². The maximum Gasteiger partial charge on any atom is 0.332 e. The number of hydrogen-bond donors (Lipinski definition) is 3. The number of rotatable bonds is 8. The standard InChI is InChI=1S/C8H15NO7S/c1-16-7(11)3-5-17(14,15)9-4-2-6(10)8(12)13/h6,9-10H,2-5H2,1H3,(H,12,13)/t6-/m0/s1. The molecular weight excluding hydrogens is 254 g/mol. The molecule has 0 heterocycles. The molecule has 0 unspecified atom stereocenters. The summed E-state index contributed by atoms with van der Waals surface area (Å²) in [6.07, 6.45) is -2.14. The van der Waals surface area contributed by atoms with Gasteiger partial charge in [-0.25, -0.2) is 17.9 Å². The van der Waals surface area contributed by atoms with Gasteiger partial charge < -0.3 is 14.9 Å². The first kappa shape index (κ1) is 15.8. The highest BCUT2D eigenvalue weighted by Crippen LogP contribution is 1.94. The van der Waals surface area contributed by atoms with Crippen LogP contribution in [0.4, 0.5) is 0 Å². The lowest BCUT2D eigenvalue weighted by Crippen LogP contribution is -2.32. The van der Waals surface area contributed by atoms with Crippen LogP contribution >= 0.6 is 0 Å². The van der Waals surface area contributed by atoms with Gasteiger partial charge >= 0.3 is 11.9 Å². The number of carbonyl (C=O) groups is 2. The molecule has 0 bridgehead atoms. The van der Waals surface area contributed by atoms with Gasteiger partial charge in [0.2, 0.25) is 10.0 Å². The normalized spacial score (nSPS) is 13.1. The van der Waals surface area contributed by atoms with Gasteiger partial charge in [0.1, 0.15) is 0 Å². The predicted octanol–water partition coefficient (Wildman–Crippen LogP) is -1.70. The Balaban J connectivity index is 3.94.